The van der Waals surface area contributed by atoms with Crippen LogP contribution >= 0.6 is 11.8 Å². The van der Waals surface area contributed by atoms with Crippen molar-refractivity contribution in [2.45, 2.75) is 22.2 Å². The van der Waals surface area contributed by atoms with E-state index in [2.05, 4.69) is 10.3 Å². The highest BCUT2D eigenvalue weighted by Crippen LogP contribution is 2.21. The van der Waals surface area contributed by atoms with E-state index < -0.39 is 10.0 Å². The first-order valence-electron chi connectivity index (χ1n) is 8.92. The third-order valence-electron chi connectivity index (χ3n) is 4.29. The van der Waals surface area contributed by atoms with E-state index in [9.17, 15) is 13.2 Å². The van der Waals surface area contributed by atoms with Crippen LogP contribution in [0.15, 0.2) is 71.0 Å². The Bertz CT molecular complexity index is 1090. The smallest absolute Gasteiger partial charge is 0.251 e. The topological polar surface area (TPSA) is 107 Å². The molecule has 29 heavy (non-hydrogen) atoms. The van der Waals surface area contributed by atoms with E-state index in [4.69, 9.17) is 5.14 Å². The van der Waals surface area contributed by atoms with Crippen molar-refractivity contribution in [2.75, 3.05) is 6.54 Å². The Kier molecular flexibility index (Phi) is 6.73. The first kappa shape index (κ1) is 21.1. The second kappa shape index (κ2) is 9.25. The fraction of sp³-hybridized carbons (Fsp3) is 0.200. The van der Waals surface area contributed by atoms with Gasteiger partial charge in [-0.1, -0.05) is 36.0 Å². The molecule has 2 aromatic carbocycles. The van der Waals surface area contributed by atoms with Gasteiger partial charge in [0.15, 0.2) is 5.16 Å². The van der Waals surface area contributed by atoms with Crippen LogP contribution in [0.1, 0.15) is 21.5 Å². The van der Waals surface area contributed by atoms with Gasteiger partial charge in [-0.05, 0) is 41.8 Å². The number of hydrogen-bond donors (Lipinski definition) is 2. The molecule has 0 bridgehead atoms. The van der Waals surface area contributed by atoms with Crippen LogP contribution in [0, 0.1) is 0 Å². The van der Waals surface area contributed by atoms with Crippen LogP contribution in [0.25, 0.3) is 0 Å². The zero-order chi connectivity index (χ0) is 20.9. The van der Waals surface area contributed by atoms with Gasteiger partial charge in [0.25, 0.3) is 5.91 Å². The third-order valence-corrected chi connectivity index (χ3v) is 6.34. The Balaban J connectivity index is 1.52. The highest BCUT2D eigenvalue weighted by molar-refractivity contribution is 7.98. The summed E-state index contributed by atoms with van der Waals surface area (Å²) in [6.07, 6.45) is 4.24. The summed E-state index contributed by atoms with van der Waals surface area (Å²) in [7, 11) is -1.75. The molecule has 3 N–H and O–H groups in total. The van der Waals surface area contributed by atoms with E-state index in [-0.39, 0.29) is 10.8 Å². The number of rotatable bonds is 8. The molecule has 0 saturated carbocycles. The molecule has 3 aromatic rings. The average Bonchev–Trinajstić information content (AvgIpc) is 3.11. The minimum absolute atomic E-state index is 0.0745. The van der Waals surface area contributed by atoms with Crippen molar-refractivity contribution in [3.63, 3.8) is 0 Å². The van der Waals surface area contributed by atoms with E-state index in [1.165, 1.54) is 12.1 Å². The lowest BCUT2D eigenvalue weighted by Crippen LogP contribution is -2.25. The first-order chi connectivity index (χ1) is 13.8. The molecule has 1 heterocycles. The van der Waals surface area contributed by atoms with Crippen molar-refractivity contribution in [1.82, 2.24) is 14.9 Å². The summed E-state index contributed by atoms with van der Waals surface area (Å²) >= 11 is 1.61. The molecule has 0 aliphatic carbocycles. The highest BCUT2D eigenvalue weighted by Gasteiger charge is 2.09. The van der Waals surface area contributed by atoms with Crippen molar-refractivity contribution < 1.29 is 13.2 Å². The van der Waals surface area contributed by atoms with Crippen LogP contribution in [0.4, 0.5) is 0 Å². The van der Waals surface area contributed by atoms with Crippen LogP contribution in [0.3, 0.4) is 0 Å². The van der Waals surface area contributed by atoms with E-state index in [0.29, 0.717) is 18.5 Å². The number of benzene rings is 2. The fourth-order valence-corrected chi connectivity index (χ4v) is 4.10. The number of thioether (sulfide) groups is 1. The predicted molar refractivity (Wildman–Crippen MR) is 113 cm³/mol. The molecule has 0 atom stereocenters. The lowest BCUT2D eigenvalue weighted by atomic mass is 10.1. The van der Waals surface area contributed by atoms with Gasteiger partial charge in [0.2, 0.25) is 10.0 Å². The molecule has 3 rings (SSSR count). The van der Waals surface area contributed by atoms with Crippen LogP contribution in [0.5, 0.6) is 0 Å². The van der Waals surface area contributed by atoms with Gasteiger partial charge in [-0.25, -0.2) is 18.5 Å². The van der Waals surface area contributed by atoms with Crippen LogP contribution in [-0.4, -0.2) is 30.4 Å². The van der Waals surface area contributed by atoms with Crippen LogP contribution in [0.2, 0.25) is 0 Å². The molecule has 0 aliphatic rings. The molecule has 0 spiro atoms. The lowest BCUT2D eigenvalue weighted by Gasteiger charge is -2.08. The van der Waals surface area contributed by atoms with Gasteiger partial charge in [0.05, 0.1) is 4.90 Å². The number of hydrogen-bond acceptors (Lipinski definition) is 5. The minimum Gasteiger partial charge on any atom is -0.352 e. The second-order valence-electron chi connectivity index (χ2n) is 6.50. The number of aromatic nitrogens is 2. The maximum Gasteiger partial charge on any atom is 0.251 e. The second-order valence-corrected chi connectivity index (χ2v) is 9.01. The maximum atomic E-state index is 12.4. The number of sulfonamides is 1. The summed E-state index contributed by atoms with van der Waals surface area (Å²) in [5.41, 5.74) is 2.56. The Morgan fingerprint density at radius 1 is 1.17 bits per heavy atom. The maximum absolute atomic E-state index is 12.4. The number of amides is 1. The van der Waals surface area contributed by atoms with Crippen molar-refractivity contribution in [2.24, 2.45) is 12.2 Å². The summed E-state index contributed by atoms with van der Waals surface area (Å²) in [5.74, 6) is 0.581. The van der Waals surface area contributed by atoms with E-state index >= 15 is 0 Å². The van der Waals surface area contributed by atoms with Gasteiger partial charge >= 0.3 is 0 Å². The Morgan fingerprint density at radius 3 is 2.59 bits per heavy atom. The van der Waals surface area contributed by atoms with Crippen molar-refractivity contribution >= 4 is 27.7 Å². The molecule has 0 fully saturated rings. The van der Waals surface area contributed by atoms with Gasteiger partial charge in [-0.3, -0.25) is 4.79 Å². The average molecular weight is 431 g/mol. The first-order valence-corrected chi connectivity index (χ1v) is 11.4. The summed E-state index contributed by atoms with van der Waals surface area (Å²) in [5, 5.41) is 8.91. The van der Waals surface area contributed by atoms with Crippen molar-refractivity contribution in [3.8, 4) is 0 Å². The number of nitrogens with one attached hydrogen (secondary N) is 1. The summed E-state index contributed by atoms with van der Waals surface area (Å²) < 4.78 is 24.5. The number of nitrogens with zero attached hydrogens (tertiary/aromatic N) is 2. The van der Waals surface area contributed by atoms with Gasteiger partial charge < -0.3 is 9.88 Å². The van der Waals surface area contributed by atoms with Gasteiger partial charge in [0.1, 0.15) is 0 Å². The van der Waals surface area contributed by atoms with Crippen molar-refractivity contribution in [3.05, 3.63) is 77.6 Å². The molecular formula is C20H22N4O3S2. The zero-order valence-corrected chi connectivity index (χ0v) is 17.5. The Morgan fingerprint density at radius 2 is 1.93 bits per heavy atom. The molecule has 1 aromatic heterocycles. The minimum atomic E-state index is -3.69. The summed E-state index contributed by atoms with van der Waals surface area (Å²) in [6, 6.07) is 13.8. The van der Waals surface area contributed by atoms with Crippen LogP contribution in [-0.2, 0) is 29.2 Å². The molecule has 1 amide bonds. The largest absolute Gasteiger partial charge is 0.352 e. The molecule has 7 nitrogen and oxygen atoms in total. The zero-order valence-electron chi connectivity index (χ0n) is 15.9. The van der Waals surface area contributed by atoms with Gasteiger partial charge in [-0.15, -0.1) is 0 Å². The highest BCUT2D eigenvalue weighted by atomic mass is 32.2. The molecule has 152 valence electrons. The quantitative estimate of drug-likeness (QED) is 0.534. The standard InChI is InChI=1S/C20H22N4O3S2/c1-24-12-11-23-20(24)28-14-16-3-2-4-17(13-16)19(25)22-10-9-15-5-7-18(8-6-15)29(21,26)27/h2-8,11-13H,9-10,14H2,1H3,(H,22,25)(H2,21,26,27). The van der Waals surface area contributed by atoms with Crippen LogP contribution < -0.4 is 10.5 Å². The number of carbonyl (C=O) groups excluding carboxylic acids is 1. The molecule has 9 heteroatoms. The van der Waals surface area contributed by atoms with Gasteiger partial charge in [0, 0.05) is 37.3 Å². The molecule has 0 radical (unpaired) electrons. The molecule has 0 aliphatic heterocycles. The fourth-order valence-electron chi connectivity index (χ4n) is 2.71. The molecule has 0 unspecified atom stereocenters. The van der Waals surface area contributed by atoms with Crippen molar-refractivity contribution in [1.29, 1.82) is 0 Å². The Hall–Kier alpha value is -2.62. The van der Waals surface area contributed by atoms with E-state index in [1.54, 1.807) is 36.2 Å². The van der Waals surface area contributed by atoms with E-state index in [1.807, 2.05) is 36.0 Å². The normalized spacial score (nSPS) is 11.4. The number of carbonyl (C=O) groups is 1. The predicted octanol–water partition coefficient (Wildman–Crippen LogP) is 2.33. The number of aryl methyl sites for hydroxylation is 1. The number of imidazole rings is 1. The Labute approximate surface area is 174 Å². The summed E-state index contributed by atoms with van der Waals surface area (Å²) in [4.78, 5) is 16.8. The number of nitrogens with two attached hydrogens (primary N) is 1. The number of primary sulfonamides is 1. The monoisotopic (exact) mass is 430 g/mol. The lowest BCUT2D eigenvalue weighted by molar-refractivity contribution is 0.0954. The summed E-state index contributed by atoms with van der Waals surface area (Å²) in [6.45, 7) is 0.444. The van der Waals surface area contributed by atoms with E-state index in [0.717, 1.165) is 22.0 Å². The third kappa shape index (κ3) is 5.93. The molecule has 0 saturated heterocycles. The SMILES string of the molecule is Cn1ccnc1SCc1cccc(C(=O)NCCc2ccc(S(N)(=O)=O)cc2)c1. The van der Waals surface area contributed by atoms with Gasteiger partial charge in [-0.2, -0.15) is 0 Å². The molecular weight excluding hydrogens is 408 g/mol.